The first-order chi connectivity index (χ1) is 20.6. The van der Waals surface area contributed by atoms with Gasteiger partial charge < -0.3 is 19.7 Å². The first kappa shape index (κ1) is 30.5. The summed E-state index contributed by atoms with van der Waals surface area (Å²) in [5.41, 5.74) is 2.69. The van der Waals surface area contributed by atoms with Gasteiger partial charge in [-0.25, -0.2) is 0 Å². The van der Waals surface area contributed by atoms with E-state index >= 15 is 0 Å². The Morgan fingerprint density at radius 3 is 1.17 bits per heavy atom. The standard InChI is InChI=1S/C34H46N4O4/c39-31(25-37-19-15-35(16-20-37)23-29-7-3-1-4-8-29)27-41-33-11-13-34(14-12-33)42-28-32(40)26-38-21-17-36(18-22-38)24-30-9-5-2-6-10-30/h1-14,31-32,39-40H,15-28H2/t31-,32-/m1/s1. The van der Waals surface area contributed by atoms with Gasteiger partial charge in [-0.3, -0.25) is 19.6 Å². The molecule has 8 heteroatoms. The average molecular weight is 575 g/mol. The van der Waals surface area contributed by atoms with E-state index in [0.29, 0.717) is 24.6 Å². The highest BCUT2D eigenvalue weighted by atomic mass is 16.5. The van der Waals surface area contributed by atoms with E-state index in [-0.39, 0.29) is 13.2 Å². The number of nitrogens with zero attached hydrogens (tertiary/aromatic N) is 4. The summed E-state index contributed by atoms with van der Waals surface area (Å²) in [6.45, 7) is 11.5. The molecule has 0 aliphatic carbocycles. The molecule has 0 aromatic heterocycles. The average Bonchev–Trinajstić information content (AvgIpc) is 3.02. The lowest BCUT2D eigenvalue weighted by atomic mass is 10.2. The van der Waals surface area contributed by atoms with Crippen molar-refractivity contribution >= 4 is 0 Å². The van der Waals surface area contributed by atoms with E-state index in [4.69, 9.17) is 9.47 Å². The number of rotatable bonds is 14. The molecule has 3 aromatic rings. The Hall–Kier alpha value is -2.98. The Morgan fingerprint density at radius 1 is 0.476 bits per heavy atom. The highest BCUT2D eigenvalue weighted by molar-refractivity contribution is 5.31. The van der Waals surface area contributed by atoms with E-state index < -0.39 is 12.2 Å². The van der Waals surface area contributed by atoms with Crippen LogP contribution < -0.4 is 9.47 Å². The van der Waals surface area contributed by atoms with Gasteiger partial charge in [0.2, 0.25) is 0 Å². The molecule has 5 rings (SSSR count). The Bertz CT molecular complexity index is 1060. The van der Waals surface area contributed by atoms with E-state index in [2.05, 4.69) is 80.3 Å². The Labute approximate surface area is 250 Å². The number of ether oxygens (including phenoxy) is 2. The number of hydrogen-bond donors (Lipinski definition) is 2. The second kappa shape index (κ2) is 16.0. The van der Waals surface area contributed by atoms with E-state index in [9.17, 15) is 10.2 Å². The third-order valence-corrected chi connectivity index (χ3v) is 8.07. The lowest BCUT2D eigenvalue weighted by molar-refractivity contribution is 0.0437. The monoisotopic (exact) mass is 574 g/mol. The molecule has 0 saturated carbocycles. The summed E-state index contributed by atoms with van der Waals surface area (Å²) >= 11 is 0. The SMILES string of the molecule is O[C@@H](COc1ccc(OC[C@H](O)CN2CCN(Cc3ccccc3)CC2)cc1)CN1CCN(Cc2ccccc2)CC1. The molecule has 2 aliphatic heterocycles. The van der Waals surface area contributed by atoms with Crippen LogP contribution in [0.15, 0.2) is 84.9 Å². The van der Waals surface area contributed by atoms with Crippen molar-refractivity contribution in [1.29, 1.82) is 0 Å². The van der Waals surface area contributed by atoms with Crippen LogP contribution in [0.4, 0.5) is 0 Å². The van der Waals surface area contributed by atoms with Crippen molar-refractivity contribution in [2.24, 2.45) is 0 Å². The van der Waals surface area contributed by atoms with E-state index in [1.54, 1.807) is 0 Å². The van der Waals surface area contributed by atoms with Crippen molar-refractivity contribution < 1.29 is 19.7 Å². The van der Waals surface area contributed by atoms with E-state index in [1.807, 2.05) is 24.3 Å². The third-order valence-electron chi connectivity index (χ3n) is 8.07. The number of aliphatic hydroxyl groups excluding tert-OH is 2. The fraction of sp³-hybridized carbons (Fsp3) is 0.471. The highest BCUT2D eigenvalue weighted by Gasteiger charge is 2.21. The van der Waals surface area contributed by atoms with Gasteiger partial charge in [0.05, 0.1) is 0 Å². The van der Waals surface area contributed by atoms with Gasteiger partial charge in [0.15, 0.2) is 0 Å². The summed E-state index contributed by atoms with van der Waals surface area (Å²) in [5, 5.41) is 21.1. The molecule has 2 fully saturated rings. The van der Waals surface area contributed by atoms with Gasteiger partial charge in [-0.15, -0.1) is 0 Å². The van der Waals surface area contributed by atoms with Gasteiger partial charge in [-0.05, 0) is 35.4 Å². The van der Waals surface area contributed by atoms with Crippen molar-refractivity contribution in [2.75, 3.05) is 78.7 Å². The molecule has 42 heavy (non-hydrogen) atoms. The summed E-state index contributed by atoms with van der Waals surface area (Å²) in [7, 11) is 0. The summed E-state index contributed by atoms with van der Waals surface area (Å²) in [4.78, 5) is 9.54. The molecule has 2 N–H and O–H groups in total. The topological polar surface area (TPSA) is 71.9 Å². The van der Waals surface area contributed by atoms with Gasteiger partial charge >= 0.3 is 0 Å². The number of aliphatic hydroxyl groups is 2. The maximum absolute atomic E-state index is 10.5. The maximum atomic E-state index is 10.5. The molecular weight excluding hydrogens is 528 g/mol. The predicted octanol–water partition coefficient (Wildman–Crippen LogP) is 2.80. The van der Waals surface area contributed by atoms with Crippen molar-refractivity contribution in [3.8, 4) is 11.5 Å². The third kappa shape index (κ3) is 10.1. The molecule has 0 unspecified atom stereocenters. The Kier molecular flexibility index (Phi) is 11.6. The van der Waals surface area contributed by atoms with E-state index in [0.717, 1.165) is 65.4 Å². The fourth-order valence-corrected chi connectivity index (χ4v) is 5.66. The molecule has 0 spiro atoms. The van der Waals surface area contributed by atoms with Crippen LogP contribution in [0.2, 0.25) is 0 Å². The fourth-order valence-electron chi connectivity index (χ4n) is 5.66. The van der Waals surface area contributed by atoms with Crippen LogP contribution in [-0.2, 0) is 13.1 Å². The molecule has 0 amide bonds. The minimum Gasteiger partial charge on any atom is -0.491 e. The Morgan fingerprint density at radius 2 is 0.810 bits per heavy atom. The largest absolute Gasteiger partial charge is 0.491 e. The molecule has 0 bridgehead atoms. The Balaban J connectivity index is 0.928. The maximum Gasteiger partial charge on any atom is 0.119 e. The van der Waals surface area contributed by atoms with Crippen molar-refractivity contribution in [3.05, 3.63) is 96.1 Å². The van der Waals surface area contributed by atoms with Gasteiger partial charge in [0.1, 0.15) is 36.9 Å². The van der Waals surface area contributed by atoms with Crippen LogP contribution in [0.1, 0.15) is 11.1 Å². The minimum absolute atomic E-state index is 0.252. The quantitative estimate of drug-likeness (QED) is 0.305. The summed E-state index contributed by atoms with van der Waals surface area (Å²) < 4.78 is 11.7. The second-order valence-corrected chi connectivity index (χ2v) is 11.5. The second-order valence-electron chi connectivity index (χ2n) is 11.5. The molecule has 226 valence electrons. The normalized spacial score (nSPS) is 18.9. The highest BCUT2D eigenvalue weighted by Crippen LogP contribution is 2.18. The lowest BCUT2D eigenvalue weighted by Gasteiger charge is -2.35. The van der Waals surface area contributed by atoms with Crippen molar-refractivity contribution in [2.45, 2.75) is 25.3 Å². The van der Waals surface area contributed by atoms with Crippen molar-refractivity contribution in [1.82, 2.24) is 19.6 Å². The number of piperazine rings is 2. The van der Waals surface area contributed by atoms with Gasteiger partial charge in [-0.2, -0.15) is 0 Å². The molecule has 2 heterocycles. The minimum atomic E-state index is -0.544. The lowest BCUT2D eigenvalue weighted by Crippen LogP contribution is -2.48. The zero-order valence-electron chi connectivity index (χ0n) is 24.6. The van der Waals surface area contributed by atoms with Crippen LogP contribution in [0.5, 0.6) is 11.5 Å². The first-order valence-corrected chi connectivity index (χ1v) is 15.3. The molecule has 0 radical (unpaired) electrons. The molecule has 8 nitrogen and oxygen atoms in total. The summed E-state index contributed by atoms with van der Waals surface area (Å²) in [6, 6.07) is 28.5. The number of benzene rings is 3. The smallest absolute Gasteiger partial charge is 0.119 e. The predicted molar refractivity (Wildman–Crippen MR) is 166 cm³/mol. The zero-order chi connectivity index (χ0) is 29.0. The molecule has 2 saturated heterocycles. The van der Waals surface area contributed by atoms with E-state index in [1.165, 1.54) is 11.1 Å². The van der Waals surface area contributed by atoms with Gasteiger partial charge in [0, 0.05) is 78.5 Å². The summed E-state index contributed by atoms with van der Waals surface area (Å²) in [6.07, 6.45) is -1.09. The van der Waals surface area contributed by atoms with Crippen LogP contribution in [0.25, 0.3) is 0 Å². The molecule has 3 aromatic carbocycles. The molecule has 2 atom stereocenters. The summed E-state index contributed by atoms with van der Waals surface area (Å²) in [5.74, 6) is 1.39. The zero-order valence-corrected chi connectivity index (χ0v) is 24.6. The molecular formula is C34H46N4O4. The number of β-amino-alcohol motifs (C(OH)–C–C–N with tert-alkyl or cyclic N) is 2. The van der Waals surface area contributed by atoms with Crippen molar-refractivity contribution in [3.63, 3.8) is 0 Å². The first-order valence-electron chi connectivity index (χ1n) is 15.3. The van der Waals surface area contributed by atoms with Gasteiger partial charge in [0.25, 0.3) is 0 Å². The van der Waals surface area contributed by atoms with Crippen LogP contribution in [-0.4, -0.2) is 121 Å². The van der Waals surface area contributed by atoms with Crippen LogP contribution in [0, 0.1) is 0 Å². The molecule has 2 aliphatic rings. The van der Waals surface area contributed by atoms with Gasteiger partial charge in [-0.1, -0.05) is 60.7 Å². The number of hydrogen-bond acceptors (Lipinski definition) is 8. The van der Waals surface area contributed by atoms with Crippen LogP contribution in [0.3, 0.4) is 0 Å². The van der Waals surface area contributed by atoms with Crippen LogP contribution >= 0.6 is 0 Å².